The van der Waals surface area contributed by atoms with E-state index in [0.717, 1.165) is 50.4 Å². The molecule has 30 heavy (non-hydrogen) atoms. The normalized spacial score (nSPS) is 36.0. The number of sulfonamides is 1. The number of benzene rings is 1. The van der Waals surface area contributed by atoms with Crippen LogP contribution in [-0.2, 0) is 14.8 Å². The maximum Gasteiger partial charge on any atom is 0.217 e. The van der Waals surface area contributed by atoms with Crippen molar-refractivity contribution in [2.24, 2.45) is 11.7 Å². The van der Waals surface area contributed by atoms with E-state index in [-0.39, 0.29) is 22.9 Å². The Bertz CT molecular complexity index is 909. The molecule has 3 aliphatic heterocycles. The van der Waals surface area contributed by atoms with E-state index in [9.17, 15) is 17.2 Å². The molecule has 6 nitrogen and oxygen atoms in total. The van der Waals surface area contributed by atoms with E-state index in [1.165, 1.54) is 0 Å². The van der Waals surface area contributed by atoms with Crippen LogP contribution in [0.5, 0.6) is 0 Å². The Balaban J connectivity index is 1.22. The van der Waals surface area contributed by atoms with E-state index in [0.29, 0.717) is 32.0 Å². The third-order valence-electron chi connectivity index (χ3n) is 7.46. The van der Waals surface area contributed by atoms with Crippen molar-refractivity contribution >= 4 is 10.0 Å². The number of likely N-dealkylation sites (tertiary alicyclic amines) is 1. The molecule has 1 saturated carbocycles. The summed E-state index contributed by atoms with van der Waals surface area (Å²) in [6.07, 6.45) is 3.50. The number of nitrogens with two attached hydrogens (primary N) is 1. The fourth-order valence-electron chi connectivity index (χ4n) is 5.79. The maximum atomic E-state index is 14.1. The van der Waals surface area contributed by atoms with E-state index in [1.807, 2.05) is 0 Å². The lowest BCUT2D eigenvalue weighted by molar-refractivity contribution is -0.0936. The van der Waals surface area contributed by atoms with E-state index < -0.39 is 33.8 Å². The fourth-order valence-corrected chi connectivity index (χ4v) is 7.90. The van der Waals surface area contributed by atoms with E-state index in [4.69, 9.17) is 10.5 Å². The first-order valence-corrected chi connectivity index (χ1v) is 12.4. The van der Waals surface area contributed by atoms with Gasteiger partial charge < -0.3 is 10.5 Å². The first-order chi connectivity index (χ1) is 14.3. The molecular weight excluding hydrogens is 412 g/mol. The Hall–Kier alpha value is -1.13. The molecule has 5 atom stereocenters. The van der Waals surface area contributed by atoms with Crippen molar-refractivity contribution < 1.29 is 21.9 Å². The summed E-state index contributed by atoms with van der Waals surface area (Å²) in [6, 6.07) is 3.17. The van der Waals surface area contributed by atoms with E-state index in [2.05, 4.69) is 4.90 Å². The molecule has 0 amide bonds. The molecule has 1 aromatic rings. The SMILES string of the molecule is N[C@H]1C[C@@H](N2CC3CN(S(=O)(=O)C4CCCC4)CC32)CO[C@@H]1c1cc(F)ccc1F. The van der Waals surface area contributed by atoms with Gasteiger partial charge in [-0.3, -0.25) is 4.90 Å². The molecule has 9 heteroatoms. The minimum Gasteiger partial charge on any atom is -0.370 e. The second-order valence-corrected chi connectivity index (χ2v) is 11.5. The van der Waals surface area contributed by atoms with Crippen LogP contribution in [-0.4, -0.2) is 67.2 Å². The Morgan fingerprint density at radius 2 is 1.87 bits per heavy atom. The van der Waals surface area contributed by atoms with Gasteiger partial charge in [0.25, 0.3) is 0 Å². The Kier molecular flexibility index (Phi) is 5.38. The molecule has 3 heterocycles. The van der Waals surface area contributed by atoms with Crippen LogP contribution in [0.1, 0.15) is 43.8 Å². The first kappa shape index (κ1) is 20.8. The molecule has 166 valence electrons. The van der Waals surface area contributed by atoms with Crippen LogP contribution < -0.4 is 5.73 Å². The molecule has 4 aliphatic rings. The number of hydrogen-bond donors (Lipinski definition) is 1. The summed E-state index contributed by atoms with van der Waals surface area (Å²) in [4.78, 5) is 2.30. The standard InChI is InChI=1S/C21H29F2N3O3S/c22-14-5-6-18(23)17(7-14)21-19(24)8-15(12-29-21)26-10-13-9-25(11-20(13)26)30(27,28)16-3-1-2-4-16/h5-7,13,15-16,19-21H,1-4,8-12,24H2/t13?,15-,19+,20?,21-/m1/s1. The van der Waals surface area contributed by atoms with Gasteiger partial charge in [0, 0.05) is 49.2 Å². The largest absolute Gasteiger partial charge is 0.370 e. The zero-order valence-corrected chi connectivity index (χ0v) is 17.7. The topological polar surface area (TPSA) is 75.9 Å². The second-order valence-electron chi connectivity index (χ2n) is 9.27. The number of halogens is 2. The average molecular weight is 442 g/mol. The lowest BCUT2D eigenvalue weighted by atomic mass is 9.86. The summed E-state index contributed by atoms with van der Waals surface area (Å²) < 4.78 is 61.2. The highest BCUT2D eigenvalue weighted by molar-refractivity contribution is 7.89. The molecule has 0 aromatic heterocycles. The predicted molar refractivity (Wildman–Crippen MR) is 108 cm³/mol. The molecule has 5 rings (SSSR count). The highest BCUT2D eigenvalue weighted by Gasteiger charge is 2.53. The maximum absolute atomic E-state index is 14.1. The van der Waals surface area contributed by atoms with Crippen LogP contribution in [0.25, 0.3) is 0 Å². The van der Waals surface area contributed by atoms with Gasteiger partial charge in [0.05, 0.1) is 11.9 Å². The molecule has 2 unspecified atom stereocenters. The van der Waals surface area contributed by atoms with Crippen molar-refractivity contribution in [2.75, 3.05) is 26.2 Å². The number of nitrogens with zero attached hydrogens (tertiary/aromatic N) is 2. The fraction of sp³-hybridized carbons (Fsp3) is 0.714. The molecule has 0 spiro atoms. The second kappa shape index (κ2) is 7.78. The van der Waals surface area contributed by atoms with Crippen molar-refractivity contribution in [3.05, 3.63) is 35.4 Å². The molecule has 3 saturated heterocycles. The van der Waals surface area contributed by atoms with Crippen LogP contribution in [0.15, 0.2) is 18.2 Å². The number of rotatable bonds is 4. The summed E-state index contributed by atoms with van der Waals surface area (Å²) in [5, 5.41) is -0.211. The number of fused-ring (bicyclic) bond motifs is 1. The van der Waals surface area contributed by atoms with Crippen molar-refractivity contribution in [3.8, 4) is 0 Å². The summed E-state index contributed by atoms with van der Waals surface area (Å²) >= 11 is 0. The predicted octanol–water partition coefficient (Wildman–Crippen LogP) is 2.01. The molecular formula is C21H29F2N3O3S. The number of ether oxygens (including phenoxy) is 1. The van der Waals surface area contributed by atoms with Crippen LogP contribution >= 0.6 is 0 Å². The molecule has 0 radical (unpaired) electrons. The Morgan fingerprint density at radius 1 is 1.10 bits per heavy atom. The molecule has 0 bridgehead atoms. The zero-order valence-electron chi connectivity index (χ0n) is 16.9. The molecule has 1 aromatic carbocycles. The third-order valence-corrected chi connectivity index (χ3v) is 9.79. The van der Waals surface area contributed by atoms with Gasteiger partial charge in [-0.05, 0) is 37.5 Å². The monoisotopic (exact) mass is 441 g/mol. The van der Waals surface area contributed by atoms with Gasteiger partial charge in [-0.2, -0.15) is 4.31 Å². The van der Waals surface area contributed by atoms with Gasteiger partial charge in [-0.1, -0.05) is 12.8 Å². The van der Waals surface area contributed by atoms with Gasteiger partial charge in [-0.25, -0.2) is 17.2 Å². The Morgan fingerprint density at radius 3 is 2.60 bits per heavy atom. The van der Waals surface area contributed by atoms with Crippen molar-refractivity contribution in [1.29, 1.82) is 0 Å². The third kappa shape index (κ3) is 3.48. The minimum atomic E-state index is -3.21. The van der Waals surface area contributed by atoms with Gasteiger partial charge >= 0.3 is 0 Å². The Labute approximate surface area is 176 Å². The lowest BCUT2D eigenvalue weighted by Gasteiger charge is -2.51. The van der Waals surface area contributed by atoms with Gasteiger partial charge in [0.1, 0.15) is 17.7 Å². The molecule has 1 aliphatic carbocycles. The quantitative estimate of drug-likeness (QED) is 0.774. The number of hydrogen-bond acceptors (Lipinski definition) is 5. The first-order valence-electron chi connectivity index (χ1n) is 10.9. The summed E-state index contributed by atoms with van der Waals surface area (Å²) in [7, 11) is -3.21. The highest BCUT2D eigenvalue weighted by Crippen LogP contribution is 2.40. The smallest absolute Gasteiger partial charge is 0.217 e. The van der Waals surface area contributed by atoms with Gasteiger partial charge in [-0.15, -0.1) is 0 Å². The van der Waals surface area contributed by atoms with Gasteiger partial charge in [0.2, 0.25) is 10.0 Å². The van der Waals surface area contributed by atoms with Crippen molar-refractivity contribution in [1.82, 2.24) is 9.21 Å². The van der Waals surface area contributed by atoms with Gasteiger partial charge in [0.15, 0.2) is 0 Å². The lowest BCUT2D eigenvalue weighted by Crippen LogP contribution is -2.63. The molecule has 2 N–H and O–H groups in total. The minimum absolute atomic E-state index is 0.0725. The zero-order chi connectivity index (χ0) is 21.0. The van der Waals surface area contributed by atoms with Crippen molar-refractivity contribution in [2.45, 2.75) is 61.6 Å². The highest BCUT2D eigenvalue weighted by atomic mass is 32.2. The van der Waals surface area contributed by atoms with Crippen LogP contribution in [0.2, 0.25) is 0 Å². The summed E-state index contributed by atoms with van der Waals surface area (Å²) in [5.41, 5.74) is 6.47. The van der Waals surface area contributed by atoms with E-state index in [1.54, 1.807) is 4.31 Å². The van der Waals surface area contributed by atoms with Crippen LogP contribution in [0.3, 0.4) is 0 Å². The molecule has 4 fully saturated rings. The average Bonchev–Trinajstić information content (AvgIpc) is 3.34. The van der Waals surface area contributed by atoms with E-state index >= 15 is 0 Å². The van der Waals surface area contributed by atoms with Crippen molar-refractivity contribution in [3.63, 3.8) is 0 Å². The summed E-state index contributed by atoms with van der Waals surface area (Å²) in [5.74, 6) is -0.664. The summed E-state index contributed by atoms with van der Waals surface area (Å²) in [6.45, 7) is 2.36. The van der Waals surface area contributed by atoms with Crippen LogP contribution in [0.4, 0.5) is 8.78 Å². The van der Waals surface area contributed by atoms with Crippen LogP contribution in [0, 0.1) is 17.6 Å².